The van der Waals surface area contributed by atoms with Crippen molar-refractivity contribution < 1.29 is 14.3 Å². The van der Waals surface area contributed by atoms with E-state index in [0.29, 0.717) is 16.8 Å². The minimum absolute atomic E-state index is 0.0664. The van der Waals surface area contributed by atoms with Gasteiger partial charge in [-0.05, 0) is 54.4 Å². The normalized spacial score (nSPS) is 24.1. The van der Waals surface area contributed by atoms with E-state index in [1.807, 2.05) is 0 Å². The summed E-state index contributed by atoms with van der Waals surface area (Å²) in [4.78, 5) is 26.2. The molecule has 5 rings (SSSR count). The molecule has 4 atom stereocenters. The van der Waals surface area contributed by atoms with Crippen LogP contribution in [-0.2, 0) is 22.4 Å². The molecular formula is C28H37ClN6O3. The van der Waals surface area contributed by atoms with E-state index in [9.17, 15) is 4.79 Å². The van der Waals surface area contributed by atoms with Gasteiger partial charge in [0.1, 0.15) is 10.8 Å². The molecule has 1 aromatic carbocycles. The van der Waals surface area contributed by atoms with E-state index in [1.54, 1.807) is 39.4 Å². The van der Waals surface area contributed by atoms with Crippen molar-refractivity contribution in [3.8, 4) is 5.75 Å². The quantitative estimate of drug-likeness (QED) is 0.466. The topological polar surface area (TPSA) is 91.9 Å². The maximum atomic E-state index is 13.0. The number of ether oxygens (including phenoxy) is 2. The summed E-state index contributed by atoms with van der Waals surface area (Å²) in [5.41, 5.74) is 3.40. The standard InChI is InChI=1S/C28H37ClN6O3/c1-34(2)27(36)24-19-5-6-20(13-19)25(24)32-26-21(29)16-30-28(33-26)31-22-14-17-7-9-35(11-12-37-3)10-8-18(17)15-23(22)38-4/h5-6,14-16,19-20,24-25H,7-13H2,1-4H3,(H2,30,31,32,33). The Kier molecular flexibility index (Phi) is 8.07. The minimum atomic E-state index is -0.143. The summed E-state index contributed by atoms with van der Waals surface area (Å²) in [7, 11) is 7.03. The first-order valence-corrected chi connectivity index (χ1v) is 13.6. The lowest BCUT2D eigenvalue weighted by molar-refractivity contribution is -0.133. The lowest BCUT2D eigenvalue weighted by atomic mass is 9.87. The number of amides is 1. The molecule has 0 spiro atoms. The molecule has 2 aromatic rings. The van der Waals surface area contributed by atoms with Crippen molar-refractivity contribution >= 4 is 35.0 Å². The number of allylic oxidation sites excluding steroid dienone is 1. The second-order valence-corrected chi connectivity index (χ2v) is 11.0. The Morgan fingerprint density at radius 3 is 2.61 bits per heavy atom. The molecule has 4 unspecified atom stereocenters. The van der Waals surface area contributed by atoms with Gasteiger partial charge in [0.15, 0.2) is 5.82 Å². The van der Waals surface area contributed by atoms with E-state index >= 15 is 0 Å². The molecular weight excluding hydrogens is 504 g/mol. The molecule has 1 aromatic heterocycles. The fraction of sp³-hybridized carbons (Fsp3) is 0.536. The van der Waals surface area contributed by atoms with E-state index in [1.165, 1.54) is 11.1 Å². The van der Waals surface area contributed by atoms with E-state index in [0.717, 1.165) is 56.9 Å². The maximum absolute atomic E-state index is 13.0. The molecule has 3 aliphatic rings. The molecule has 9 nitrogen and oxygen atoms in total. The van der Waals surface area contributed by atoms with Crippen LogP contribution in [0.1, 0.15) is 17.5 Å². The molecule has 0 saturated heterocycles. The number of carbonyl (C=O) groups is 1. The zero-order valence-electron chi connectivity index (χ0n) is 22.5. The van der Waals surface area contributed by atoms with E-state index < -0.39 is 0 Å². The first-order valence-electron chi connectivity index (χ1n) is 13.2. The molecule has 1 aliphatic heterocycles. The number of rotatable bonds is 9. The average Bonchev–Trinajstić information content (AvgIpc) is 3.46. The van der Waals surface area contributed by atoms with Gasteiger partial charge in [-0.25, -0.2) is 4.98 Å². The van der Waals surface area contributed by atoms with Gasteiger partial charge in [0.25, 0.3) is 0 Å². The summed E-state index contributed by atoms with van der Waals surface area (Å²) in [6.07, 6.45) is 8.84. The number of fused-ring (bicyclic) bond motifs is 3. The van der Waals surface area contributed by atoms with Gasteiger partial charge in [-0.15, -0.1) is 0 Å². The fourth-order valence-corrected chi connectivity index (χ4v) is 6.12. The fourth-order valence-electron chi connectivity index (χ4n) is 5.97. The highest BCUT2D eigenvalue weighted by Gasteiger charge is 2.49. The molecule has 1 saturated carbocycles. The predicted molar refractivity (Wildman–Crippen MR) is 149 cm³/mol. The number of hydrogen-bond acceptors (Lipinski definition) is 8. The Morgan fingerprint density at radius 1 is 1.16 bits per heavy atom. The van der Waals surface area contributed by atoms with Crippen molar-refractivity contribution in [3.05, 3.63) is 46.6 Å². The highest BCUT2D eigenvalue weighted by molar-refractivity contribution is 6.32. The summed E-state index contributed by atoms with van der Waals surface area (Å²) in [5.74, 6) is 2.17. The SMILES string of the molecule is COCCN1CCc2cc(Nc3ncc(Cl)c(NC4C5C=CC(C5)C4C(=O)N(C)C)n3)c(OC)cc2CC1. The van der Waals surface area contributed by atoms with Gasteiger partial charge in [0.2, 0.25) is 11.9 Å². The van der Waals surface area contributed by atoms with Crippen LogP contribution < -0.4 is 15.4 Å². The molecule has 10 heteroatoms. The van der Waals surface area contributed by atoms with Crippen LogP contribution in [0.2, 0.25) is 5.02 Å². The van der Waals surface area contributed by atoms with Gasteiger partial charge in [-0.2, -0.15) is 4.98 Å². The smallest absolute Gasteiger partial charge is 0.229 e. The third kappa shape index (κ3) is 5.46. The number of nitrogens with one attached hydrogen (secondary N) is 2. The number of methoxy groups -OCH3 is 2. The van der Waals surface area contributed by atoms with Crippen molar-refractivity contribution in [1.82, 2.24) is 19.8 Å². The van der Waals surface area contributed by atoms with Crippen molar-refractivity contribution in [2.24, 2.45) is 17.8 Å². The van der Waals surface area contributed by atoms with Crippen LogP contribution >= 0.6 is 11.6 Å². The molecule has 38 heavy (non-hydrogen) atoms. The van der Waals surface area contributed by atoms with Crippen molar-refractivity contribution in [2.45, 2.75) is 25.3 Å². The summed E-state index contributed by atoms with van der Waals surface area (Å²) in [5, 5.41) is 7.26. The highest BCUT2D eigenvalue weighted by Crippen LogP contribution is 2.46. The van der Waals surface area contributed by atoms with E-state index in [4.69, 9.17) is 26.1 Å². The zero-order valence-corrected chi connectivity index (χ0v) is 23.3. The second kappa shape index (κ2) is 11.5. The Labute approximate surface area is 229 Å². The van der Waals surface area contributed by atoms with Crippen LogP contribution in [0, 0.1) is 17.8 Å². The monoisotopic (exact) mass is 540 g/mol. The second-order valence-electron chi connectivity index (χ2n) is 10.5. The van der Waals surface area contributed by atoms with Crippen LogP contribution in [0.25, 0.3) is 0 Å². The summed E-state index contributed by atoms with van der Waals surface area (Å²) >= 11 is 6.52. The molecule has 1 amide bonds. The minimum Gasteiger partial charge on any atom is -0.495 e. The number of aromatic nitrogens is 2. The molecule has 2 aliphatic carbocycles. The number of benzene rings is 1. The third-order valence-corrected chi connectivity index (χ3v) is 8.28. The molecule has 2 bridgehead atoms. The van der Waals surface area contributed by atoms with Crippen LogP contribution in [0.15, 0.2) is 30.5 Å². The predicted octanol–water partition coefficient (Wildman–Crippen LogP) is 3.62. The Morgan fingerprint density at radius 2 is 1.89 bits per heavy atom. The molecule has 2 heterocycles. The number of anilines is 3. The first kappa shape index (κ1) is 26.7. The summed E-state index contributed by atoms with van der Waals surface area (Å²) in [6.45, 7) is 3.65. The third-order valence-electron chi connectivity index (χ3n) is 8.01. The van der Waals surface area contributed by atoms with Gasteiger partial charge in [-0.1, -0.05) is 23.8 Å². The van der Waals surface area contributed by atoms with E-state index in [2.05, 4.69) is 44.8 Å². The lowest BCUT2D eigenvalue weighted by Gasteiger charge is -2.30. The number of nitrogens with zero attached hydrogens (tertiary/aromatic N) is 4. The average molecular weight is 541 g/mol. The number of hydrogen-bond donors (Lipinski definition) is 2. The molecule has 0 radical (unpaired) electrons. The Bertz CT molecular complexity index is 1210. The highest BCUT2D eigenvalue weighted by atomic mass is 35.5. The van der Waals surface area contributed by atoms with Crippen LogP contribution in [0.5, 0.6) is 5.75 Å². The van der Waals surface area contributed by atoms with Crippen LogP contribution in [0.4, 0.5) is 17.5 Å². The van der Waals surface area contributed by atoms with E-state index in [-0.39, 0.29) is 29.7 Å². The Hall–Kier alpha value is -2.88. The Balaban J connectivity index is 1.35. The van der Waals surface area contributed by atoms with Crippen molar-refractivity contribution in [3.63, 3.8) is 0 Å². The molecule has 1 fully saturated rings. The van der Waals surface area contributed by atoms with Crippen LogP contribution in [-0.4, -0.2) is 86.3 Å². The molecule has 2 N–H and O–H groups in total. The van der Waals surface area contributed by atoms with Crippen molar-refractivity contribution in [1.29, 1.82) is 0 Å². The van der Waals surface area contributed by atoms with Crippen LogP contribution in [0.3, 0.4) is 0 Å². The molecule has 204 valence electrons. The first-order chi connectivity index (χ1) is 18.4. The van der Waals surface area contributed by atoms with Gasteiger partial charge < -0.3 is 29.9 Å². The number of halogens is 1. The van der Waals surface area contributed by atoms with Gasteiger partial charge >= 0.3 is 0 Å². The van der Waals surface area contributed by atoms with Crippen molar-refractivity contribution in [2.75, 3.05) is 65.2 Å². The summed E-state index contributed by atoms with van der Waals surface area (Å²) < 4.78 is 11.0. The largest absolute Gasteiger partial charge is 0.495 e. The zero-order chi connectivity index (χ0) is 26.8. The summed E-state index contributed by atoms with van der Waals surface area (Å²) in [6, 6.07) is 4.19. The maximum Gasteiger partial charge on any atom is 0.229 e. The number of carbonyl (C=O) groups excluding carboxylic acids is 1. The van der Waals surface area contributed by atoms with Gasteiger partial charge in [0, 0.05) is 46.9 Å². The van der Waals surface area contributed by atoms with Gasteiger partial charge in [-0.3, -0.25) is 4.79 Å². The lowest BCUT2D eigenvalue weighted by Crippen LogP contribution is -2.43. The van der Waals surface area contributed by atoms with Gasteiger partial charge in [0.05, 0.1) is 31.5 Å².